The summed E-state index contributed by atoms with van der Waals surface area (Å²) in [5.74, 6) is 1.17. The fourth-order valence-corrected chi connectivity index (χ4v) is 8.52. The zero-order chi connectivity index (χ0) is 30.6. The van der Waals surface area contributed by atoms with E-state index in [9.17, 15) is 0 Å². The van der Waals surface area contributed by atoms with E-state index in [1.165, 1.54) is 71.8 Å². The molecule has 0 fully saturated rings. The second-order valence-electron chi connectivity index (χ2n) is 12.9. The van der Waals surface area contributed by atoms with Gasteiger partial charge in [-0.15, -0.1) is 0 Å². The average Bonchev–Trinajstić information content (AvgIpc) is 3.69. The topological polar surface area (TPSA) is 30.7 Å². The Labute approximate surface area is 271 Å². The summed E-state index contributed by atoms with van der Waals surface area (Å²) in [5.41, 5.74) is 16.0. The van der Waals surface area contributed by atoms with Crippen molar-refractivity contribution >= 4 is 38.3 Å². The molecule has 2 aliphatic carbocycles. The third kappa shape index (κ3) is 3.40. The Morgan fingerprint density at radius 2 is 1.36 bits per heavy atom. The van der Waals surface area contributed by atoms with Crippen molar-refractivity contribution in [3.05, 3.63) is 163 Å². The molecule has 2 unspecified atom stereocenters. The van der Waals surface area contributed by atoms with Crippen molar-refractivity contribution in [1.82, 2.24) is 14.5 Å². The molecule has 8 aromatic rings. The number of nitrogens with zero attached hydrogens (tertiary/aromatic N) is 3. The van der Waals surface area contributed by atoms with E-state index >= 15 is 0 Å². The molecule has 218 valence electrons. The lowest BCUT2D eigenvalue weighted by molar-refractivity contribution is 0.552. The maximum atomic E-state index is 5.19. The molecule has 2 atom stereocenters. The van der Waals surface area contributed by atoms with Crippen LogP contribution in [0.1, 0.15) is 23.1 Å². The zero-order valence-electron chi connectivity index (χ0n) is 25.4. The summed E-state index contributed by atoms with van der Waals surface area (Å²) in [5, 5.41) is 3.83. The molecule has 47 heavy (non-hydrogen) atoms. The van der Waals surface area contributed by atoms with E-state index in [2.05, 4.69) is 144 Å². The summed E-state index contributed by atoms with van der Waals surface area (Å²) in [6.07, 6.45) is 9.08. The third-order valence-electron chi connectivity index (χ3n) is 10.5. The summed E-state index contributed by atoms with van der Waals surface area (Å²) in [6, 6.07) is 46.4. The number of fused-ring (bicyclic) bond motifs is 13. The van der Waals surface area contributed by atoms with E-state index in [4.69, 9.17) is 9.97 Å². The van der Waals surface area contributed by atoms with Crippen molar-refractivity contribution in [2.75, 3.05) is 0 Å². The predicted molar refractivity (Wildman–Crippen MR) is 193 cm³/mol. The first-order valence-electron chi connectivity index (χ1n) is 16.3. The number of pyridine rings is 1. The van der Waals surface area contributed by atoms with E-state index in [-0.39, 0.29) is 12.0 Å². The van der Waals surface area contributed by atoms with Crippen molar-refractivity contribution in [2.24, 2.45) is 0 Å². The summed E-state index contributed by atoms with van der Waals surface area (Å²) >= 11 is 0. The van der Waals surface area contributed by atoms with Crippen LogP contribution in [-0.4, -0.2) is 14.5 Å². The number of hydrogen-bond donors (Lipinski definition) is 0. The summed E-state index contributed by atoms with van der Waals surface area (Å²) < 4.78 is 2.45. The number of imidazole rings is 1. The van der Waals surface area contributed by atoms with Gasteiger partial charge in [-0.3, -0.25) is 4.98 Å². The van der Waals surface area contributed by atoms with Crippen LogP contribution < -0.4 is 0 Å². The fourth-order valence-electron chi connectivity index (χ4n) is 8.52. The summed E-state index contributed by atoms with van der Waals surface area (Å²) in [6.45, 7) is 0. The van der Waals surface area contributed by atoms with Crippen LogP contribution in [-0.2, 0) is 0 Å². The van der Waals surface area contributed by atoms with Crippen LogP contribution in [0.15, 0.2) is 152 Å². The molecule has 2 aromatic heterocycles. The van der Waals surface area contributed by atoms with Crippen LogP contribution >= 0.6 is 0 Å². The van der Waals surface area contributed by atoms with Gasteiger partial charge in [0.15, 0.2) is 0 Å². The number of allylic oxidation sites excluding steroid dienone is 4. The Morgan fingerprint density at radius 1 is 0.596 bits per heavy atom. The van der Waals surface area contributed by atoms with E-state index in [1.807, 2.05) is 12.3 Å². The molecule has 3 heterocycles. The van der Waals surface area contributed by atoms with Crippen LogP contribution in [0, 0.1) is 0 Å². The molecule has 3 nitrogen and oxygen atoms in total. The van der Waals surface area contributed by atoms with E-state index in [0.717, 1.165) is 22.4 Å². The van der Waals surface area contributed by atoms with Crippen molar-refractivity contribution in [3.8, 4) is 44.8 Å². The summed E-state index contributed by atoms with van der Waals surface area (Å²) in [7, 11) is 0. The fraction of sp³-hybridized carbons (Fsp3) is 0.0455. The number of benzene rings is 6. The smallest absolute Gasteiger partial charge is 0.142 e. The average molecular weight is 598 g/mol. The van der Waals surface area contributed by atoms with Gasteiger partial charge in [-0.05, 0) is 85.1 Å². The molecule has 0 bridgehead atoms. The van der Waals surface area contributed by atoms with E-state index in [0.29, 0.717) is 0 Å². The molecule has 0 N–H and O–H groups in total. The molecule has 3 aliphatic rings. The van der Waals surface area contributed by atoms with Gasteiger partial charge in [-0.25, -0.2) is 4.98 Å². The maximum absolute atomic E-state index is 5.19. The van der Waals surface area contributed by atoms with Crippen LogP contribution in [0.4, 0.5) is 0 Å². The van der Waals surface area contributed by atoms with Crippen LogP contribution in [0.3, 0.4) is 0 Å². The minimum atomic E-state index is 0.0800. The predicted octanol–water partition coefficient (Wildman–Crippen LogP) is 11.0. The van der Waals surface area contributed by atoms with Gasteiger partial charge >= 0.3 is 0 Å². The van der Waals surface area contributed by atoms with Gasteiger partial charge < -0.3 is 4.57 Å². The molecule has 3 heteroatoms. The van der Waals surface area contributed by atoms with Crippen LogP contribution in [0.2, 0.25) is 0 Å². The standard InChI is InChI=1S/C44H27N3/c1-2-12-32-31(11-1)34-14-6-13-33-30(21-22-35(32)41(33)34)29-9-5-8-27(24-29)28-18-19-36-40(25-28)47-39-16-4-3-15-38(39)46-44(47)37-20-17-26-10-7-23-45-43(26)42(36)37/h1-25,36,40H. The van der Waals surface area contributed by atoms with Gasteiger partial charge in [0.05, 0.1) is 22.6 Å². The quantitative estimate of drug-likeness (QED) is 0.198. The van der Waals surface area contributed by atoms with Crippen molar-refractivity contribution in [3.63, 3.8) is 0 Å². The molecule has 6 aromatic carbocycles. The zero-order valence-corrected chi connectivity index (χ0v) is 25.4. The van der Waals surface area contributed by atoms with Crippen molar-refractivity contribution < 1.29 is 0 Å². The van der Waals surface area contributed by atoms with Gasteiger partial charge in [-0.1, -0.05) is 121 Å². The van der Waals surface area contributed by atoms with Gasteiger partial charge in [0.1, 0.15) is 5.82 Å². The highest BCUT2D eigenvalue weighted by Gasteiger charge is 2.36. The second-order valence-corrected chi connectivity index (χ2v) is 12.9. The Hall–Kier alpha value is -6.06. The third-order valence-corrected chi connectivity index (χ3v) is 10.5. The number of hydrogen-bond acceptors (Lipinski definition) is 2. The second kappa shape index (κ2) is 9.24. The number of aromatic nitrogens is 3. The van der Waals surface area contributed by atoms with Gasteiger partial charge in [0.25, 0.3) is 0 Å². The lowest BCUT2D eigenvalue weighted by Crippen LogP contribution is -2.24. The summed E-state index contributed by atoms with van der Waals surface area (Å²) in [4.78, 5) is 10.1. The van der Waals surface area contributed by atoms with E-state index in [1.54, 1.807) is 0 Å². The Bertz CT molecular complexity index is 2680. The lowest BCUT2D eigenvalue weighted by atomic mass is 9.78. The first kappa shape index (κ1) is 25.2. The number of rotatable bonds is 2. The lowest BCUT2D eigenvalue weighted by Gasteiger charge is -2.35. The molecule has 0 spiro atoms. The highest BCUT2D eigenvalue weighted by molar-refractivity contribution is 6.18. The largest absolute Gasteiger partial charge is 0.316 e. The molecule has 0 amide bonds. The maximum Gasteiger partial charge on any atom is 0.142 e. The first-order valence-corrected chi connectivity index (χ1v) is 16.3. The van der Waals surface area contributed by atoms with Crippen LogP contribution in [0.5, 0.6) is 0 Å². The normalized spacial score (nSPS) is 17.0. The van der Waals surface area contributed by atoms with Crippen molar-refractivity contribution in [2.45, 2.75) is 12.0 Å². The monoisotopic (exact) mass is 597 g/mol. The van der Waals surface area contributed by atoms with Gasteiger partial charge in [0, 0.05) is 23.1 Å². The minimum Gasteiger partial charge on any atom is -0.316 e. The van der Waals surface area contributed by atoms with Gasteiger partial charge in [-0.2, -0.15) is 0 Å². The van der Waals surface area contributed by atoms with E-state index < -0.39 is 0 Å². The molecule has 0 saturated carbocycles. The highest BCUT2D eigenvalue weighted by atomic mass is 15.1. The van der Waals surface area contributed by atoms with Gasteiger partial charge in [0.2, 0.25) is 0 Å². The molecule has 0 radical (unpaired) electrons. The molecule has 0 saturated heterocycles. The Kier molecular flexibility index (Phi) is 4.95. The number of para-hydroxylation sites is 2. The molecular formula is C44H27N3. The molecule has 11 rings (SSSR count). The van der Waals surface area contributed by atoms with Crippen molar-refractivity contribution in [1.29, 1.82) is 0 Å². The van der Waals surface area contributed by atoms with Crippen LogP contribution in [0.25, 0.3) is 83.1 Å². The first-order chi connectivity index (χ1) is 23.3. The highest BCUT2D eigenvalue weighted by Crippen LogP contribution is 2.52. The Balaban J connectivity index is 1.08. The SMILES string of the molecule is C1=CC2c3c(ccc4cccnc34)-c3nc4ccccc4n3C2C=C1c1cccc(-c2ccc3c4c(cccc24)-c2ccccc2-3)c1. The molecule has 1 aliphatic heterocycles. The minimum absolute atomic E-state index is 0.0800. The molecular weight excluding hydrogens is 571 g/mol. The Morgan fingerprint density at radius 3 is 2.30 bits per heavy atom.